The molecule has 0 aromatic heterocycles. The van der Waals surface area contributed by atoms with Gasteiger partial charge in [0.25, 0.3) is 0 Å². The van der Waals surface area contributed by atoms with Gasteiger partial charge in [0.15, 0.2) is 16.1 Å². The summed E-state index contributed by atoms with van der Waals surface area (Å²) in [5.74, 6) is 0.227. The van der Waals surface area contributed by atoms with Crippen molar-refractivity contribution in [2.45, 2.75) is 43.8 Å². The van der Waals surface area contributed by atoms with Gasteiger partial charge in [-0.1, -0.05) is 25.1 Å². The Bertz CT molecular complexity index is 506. The molecular weight excluding hydrogens is 288 g/mol. The Labute approximate surface area is 127 Å². The molecule has 0 aliphatic carbocycles. The lowest BCUT2D eigenvalue weighted by Gasteiger charge is -2.23. The number of benzene rings is 1. The second kappa shape index (κ2) is 7.92. The molecule has 1 aliphatic rings. The van der Waals surface area contributed by atoms with E-state index in [0.717, 1.165) is 32.3 Å². The molecule has 118 valence electrons. The van der Waals surface area contributed by atoms with Gasteiger partial charge in [-0.2, -0.15) is 0 Å². The molecule has 2 rings (SSSR count). The molecule has 1 aliphatic heterocycles. The Morgan fingerprint density at radius 1 is 1.29 bits per heavy atom. The zero-order chi connectivity index (χ0) is 15.1. The highest BCUT2D eigenvalue weighted by atomic mass is 32.2. The van der Waals surface area contributed by atoms with Crippen molar-refractivity contribution >= 4 is 9.84 Å². The molecule has 0 spiro atoms. The molecule has 0 N–H and O–H groups in total. The molecule has 1 saturated heterocycles. The van der Waals surface area contributed by atoms with Crippen LogP contribution in [0.15, 0.2) is 35.2 Å². The molecule has 1 fully saturated rings. The molecule has 21 heavy (non-hydrogen) atoms. The Morgan fingerprint density at radius 3 is 2.71 bits per heavy atom. The molecule has 2 atom stereocenters. The monoisotopic (exact) mass is 312 g/mol. The molecule has 4 nitrogen and oxygen atoms in total. The predicted octanol–water partition coefficient (Wildman–Crippen LogP) is 3.03. The Kier molecular flexibility index (Phi) is 6.21. The van der Waals surface area contributed by atoms with Gasteiger partial charge in [-0.25, -0.2) is 8.42 Å². The molecule has 0 bridgehead atoms. The minimum absolute atomic E-state index is 0.0683. The van der Waals surface area contributed by atoms with Crippen LogP contribution in [0, 0.1) is 5.92 Å². The van der Waals surface area contributed by atoms with Crippen LogP contribution in [0.3, 0.4) is 0 Å². The minimum Gasteiger partial charge on any atom is -0.353 e. The van der Waals surface area contributed by atoms with Gasteiger partial charge in [-0.15, -0.1) is 0 Å². The fourth-order valence-corrected chi connectivity index (χ4v) is 4.11. The van der Waals surface area contributed by atoms with E-state index in [4.69, 9.17) is 9.47 Å². The lowest BCUT2D eigenvalue weighted by Crippen LogP contribution is -2.24. The third-order valence-electron chi connectivity index (χ3n) is 3.66. The zero-order valence-electron chi connectivity index (χ0n) is 12.5. The molecule has 1 unspecified atom stereocenters. The van der Waals surface area contributed by atoms with Crippen LogP contribution in [0.5, 0.6) is 0 Å². The smallest absolute Gasteiger partial charge is 0.178 e. The van der Waals surface area contributed by atoms with Crippen molar-refractivity contribution in [3.05, 3.63) is 30.3 Å². The first kappa shape index (κ1) is 16.5. The fraction of sp³-hybridized carbons (Fsp3) is 0.625. The number of hydrogen-bond donors (Lipinski definition) is 0. The summed E-state index contributed by atoms with van der Waals surface area (Å²) in [5, 5.41) is 0. The van der Waals surface area contributed by atoms with Crippen LogP contribution in [-0.4, -0.2) is 33.7 Å². The van der Waals surface area contributed by atoms with Gasteiger partial charge < -0.3 is 9.47 Å². The topological polar surface area (TPSA) is 52.6 Å². The largest absolute Gasteiger partial charge is 0.353 e. The van der Waals surface area contributed by atoms with Crippen LogP contribution in [-0.2, 0) is 19.3 Å². The predicted molar refractivity (Wildman–Crippen MR) is 81.8 cm³/mol. The van der Waals surface area contributed by atoms with Gasteiger partial charge in [0.1, 0.15) is 0 Å². The summed E-state index contributed by atoms with van der Waals surface area (Å²) < 4.78 is 35.6. The molecule has 0 amide bonds. The van der Waals surface area contributed by atoms with Crippen LogP contribution in [0.25, 0.3) is 0 Å². The molecular formula is C16H24O4S. The second-order valence-electron chi connectivity index (χ2n) is 5.66. The van der Waals surface area contributed by atoms with Crippen molar-refractivity contribution in [2.75, 3.05) is 19.0 Å². The van der Waals surface area contributed by atoms with Crippen LogP contribution < -0.4 is 0 Å². The van der Waals surface area contributed by atoms with E-state index >= 15 is 0 Å². The van der Waals surface area contributed by atoms with Gasteiger partial charge in [0, 0.05) is 6.61 Å². The van der Waals surface area contributed by atoms with E-state index < -0.39 is 9.84 Å². The molecule has 0 radical (unpaired) electrons. The highest BCUT2D eigenvalue weighted by molar-refractivity contribution is 7.91. The molecule has 5 heteroatoms. The van der Waals surface area contributed by atoms with Gasteiger partial charge in [0.2, 0.25) is 0 Å². The van der Waals surface area contributed by atoms with Gasteiger partial charge in [0.05, 0.1) is 17.3 Å². The first-order chi connectivity index (χ1) is 10.1. The first-order valence-electron chi connectivity index (χ1n) is 7.59. The standard InChI is InChI=1S/C16H24O4S/c1-14(10-12-20-16-9-5-6-11-19-16)13-21(17,18)15-7-3-2-4-8-15/h2-4,7-8,14,16H,5-6,9-13H2,1H3/t14-,16?/m0/s1. The molecule has 0 saturated carbocycles. The highest BCUT2D eigenvalue weighted by Gasteiger charge is 2.19. The Morgan fingerprint density at radius 2 is 2.05 bits per heavy atom. The maximum Gasteiger partial charge on any atom is 0.178 e. The van der Waals surface area contributed by atoms with Crippen molar-refractivity contribution in [2.24, 2.45) is 5.92 Å². The lowest BCUT2D eigenvalue weighted by atomic mass is 10.1. The van der Waals surface area contributed by atoms with Gasteiger partial charge in [-0.05, 0) is 43.7 Å². The minimum atomic E-state index is -3.20. The van der Waals surface area contributed by atoms with Crippen molar-refractivity contribution in [1.29, 1.82) is 0 Å². The summed E-state index contributed by atoms with van der Waals surface area (Å²) in [6.45, 7) is 3.27. The third kappa shape index (κ3) is 5.41. The zero-order valence-corrected chi connectivity index (χ0v) is 13.3. The van der Waals surface area contributed by atoms with E-state index in [-0.39, 0.29) is 18.0 Å². The van der Waals surface area contributed by atoms with Crippen LogP contribution >= 0.6 is 0 Å². The average Bonchev–Trinajstić information content (AvgIpc) is 2.49. The number of rotatable bonds is 7. The van der Waals surface area contributed by atoms with Crippen LogP contribution in [0.4, 0.5) is 0 Å². The summed E-state index contributed by atoms with van der Waals surface area (Å²) >= 11 is 0. The Balaban J connectivity index is 1.75. The summed E-state index contributed by atoms with van der Waals surface area (Å²) in [6, 6.07) is 8.62. The van der Waals surface area contributed by atoms with Crippen molar-refractivity contribution in [3.8, 4) is 0 Å². The van der Waals surface area contributed by atoms with Crippen LogP contribution in [0.2, 0.25) is 0 Å². The van der Waals surface area contributed by atoms with E-state index in [1.807, 2.05) is 13.0 Å². The fourth-order valence-electron chi connectivity index (χ4n) is 2.43. The highest BCUT2D eigenvalue weighted by Crippen LogP contribution is 2.17. The maximum atomic E-state index is 12.2. The van der Waals surface area contributed by atoms with Gasteiger partial charge in [-0.3, -0.25) is 0 Å². The summed E-state index contributed by atoms with van der Waals surface area (Å²) in [5.41, 5.74) is 0. The van der Waals surface area contributed by atoms with Crippen LogP contribution in [0.1, 0.15) is 32.6 Å². The number of sulfone groups is 1. The molecule has 1 heterocycles. The third-order valence-corrected chi connectivity index (χ3v) is 5.66. The average molecular weight is 312 g/mol. The van der Waals surface area contributed by atoms with Crippen molar-refractivity contribution in [1.82, 2.24) is 0 Å². The molecule has 1 aromatic carbocycles. The quantitative estimate of drug-likeness (QED) is 0.776. The SMILES string of the molecule is C[C@@H](CCOC1CCCCO1)CS(=O)(=O)c1ccccc1. The maximum absolute atomic E-state index is 12.2. The van der Waals surface area contributed by atoms with Gasteiger partial charge >= 0.3 is 0 Å². The first-order valence-corrected chi connectivity index (χ1v) is 9.24. The van der Waals surface area contributed by atoms with E-state index in [0.29, 0.717) is 11.5 Å². The molecule has 1 aromatic rings. The van der Waals surface area contributed by atoms with E-state index in [1.165, 1.54) is 0 Å². The Hall–Kier alpha value is -0.910. The lowest BCUT2D eigenvalue weighted by molar-refractivity contribution is -0.163. The van der Waals surface area contributed by atoms with Crippen molar-refractivity contribution in [3.63, 3.8) is 0 Å². The van der Waals surface area contributed by atoms with E-state index in [9.17, 15) is 8.42 Å². The summed E-state index contributed by atoms with van der Waals surface area (Å²) in [4.78, 5) is 0.397. The summed E-state index contributed by atoms with van der Waals surface area (Å²) in [6.07, 6.45) is 3.81. The number of hydrogen-bond acceptors (Lipinski definition) is 4. The van der Waals surface area contributed by atoms with Crippen molar-refractivity contribution < 1.29 is 17.9 Å². The number of ether oxygens (including phenoxy) is 2. The van der Waals surface area contributed by atoms with E-state index in [2.05, 4.69) is 0 Å². The normalized spacial score (nSPS) is 21.1. The second-order valence-corrected chi connectivity index (χ2v) is 7.69. The summed E-state index contributed by atoms with van der Waals surface area (Å²) in [7, 11) is -3.20. The van der Waals surface area contributed by atoms with E-state index in [1.54, 1.807) is 24.3 Å².